The number of methoxy groups -OCH3 is 1. The van der Waals surface area contributed by atoms with Gasteiger partial charge in [-0.2, -0.15) is 0 Å². The normalized spacial score (nSPS) is 11.7. The lowest BCUT2D eigenvalue weighted by atomic mass is 10.1. The predicted molar refractivity (Wildman–Crippen MR) is 80.2 cm³/mol. The molecule has 2 rings (SSSR count). The number of hydrogen-bond acceptors (Lipinski definition) is 4. The molecule has 0 saturated heterocycles. The lowest BCUT2D eigenvalue weighted by Gasteiger charge is -2.14. The molecule has 7 heteroatoms. The minimum Gasteiger partial charge on any atom is -0.496 e. The number of carbonyl (C=O) groups is 2. The van der Waals surface area contributed by atoms with Crippen molar-refractivity contribution in [2.75, 3.05) is 7.11 Å². The Morgan fingerprint density at radius 2 is 2.14 bits per heavy atom. The number of rotatable bonds is 5. The topological polar surface area (TPSA) is 75.6 Å². The van der Waals surface area contributed by atoms with Crippen molar-refractivity contribution >= 4 is 34.8 Å². The number of ether oxygens (including phenoxy) is 1. The van der Waals surface area contributed by atoms with E-state index in [-0.39, 0.29) is 11.3 Å². The van der Waals surface area contributed by atoms with Crippen LogP contribution in [0, 0.1) is 0 Å². The summed E-state index contributed by atoms with van der Waals surface area (Å²) in [7, 11) is 1.41. The summed E-state index contributed by atoms with van der Waals surface area (Å²) in [6, 6.07) is 6.81. The van der Waals surface area contributed by atoms with Crippen molar-refractivity contribution in [3.63, 3.8) is 0 Å². The van der Waals surface area contributed by atoms with E-state index in [1.54, 1.807) is 23.6 Å². The Labute approximate surface area is 130 Å². The molecule has 110 valence electrons. The minimum atomic E-state index is -1.13. The van der Waals surface area contributed by atoms with Gasteiger partial charge in [0.2, 0.25) is 0 Å². The minimum absolute atomic E-state index is 0.227. The molecule has 1 aromatic heterocycles. The zero-order chi connectivity index (χ0) is 15.4. The maximum absolute atomic E-state index is 12.3. The summed E-state index contributed by atoms with van der Waals surface area (Å²) in [5.41, 5.74) is 0.227. The van der Waals surface area contributed by atoms with Gasteiger partial charge in [-0.1, -0.05) is 17.7 Å². The van der Waals surface area contributed by atoms with E-state index in [9.17, 15) is 14.7 Å². The molecular formula is C14H12ClNO4S. The highest BCUT2D eigenvalue weighted by atomic mass is 35.5. The molecule has 0 fully saturated rings. The van der Waals surface area contributed by atoms with Gasteiger partial charge in [-0.15, -0.1) is 11.3 Å². The van der Waals surface area contributed by atoms with Crippen LogP contribution >= 0.6 is 22.9 Å². The van der Waals surface area contributed by atoms with Crippen LogP contribution in [-0.4, -0.2) is 24.1 Å². The van der Waals surface area contributed by atoms with Crippen LogP contribution in [0.1, 0.15) is 21.3 Å². The molecule has 0 aliphatic heterocycles. The molecule has 0 aliphatic carbocycles. The monoisotopic (exact) mass is 325 g/mol. The fraction of sp³-hybridized carbons (Fsp3) is 0.143. The summed E-state index contributed by atoms with van der Waals surface area (Å²) in [5, 5.41) is 13.9. The molecule has 0 radical (unpaired) electrons. The van der Waals surface area contributed by atoms with E-state index in [0.717, 1.165) is 0 Å². The summed E-state index contributed by atoms with van der Waals surface area (Å²) in [4.78, 5) is 24.1. The van der Waals surface area contributed by atoms with Crippen LogP contribution in [0.2, 0.25) is 5.02 Å². The average Bonchev–Trinajstić information content (AvgIpc) is 2.97. The van der Waals surface area contributed by atoms with Crippen LogP contribution in [0.15, 0.2) is 35.7 Å². The van der Waals surface area contributed by atoms with Crippen LogP contribution in [0.25, 0.3) is 0 Å². The number of nitrogens with one attached hydrogen (secondary N) is 1. The largest absolute Gasteiger partial charge is 0.496 e. The van der Waals surface area contributed by atoms with Crippen molar-refractivity contribution in [1.82, 2.24) is 5.32 Å². The average molecular weight is 326 g/mol. The van der Waals surface area contributed by atoms with Crippen LogP contribution < -0.4 is 10.1 Å². The number of thiophene rings is 1. The van der Waals surface area contributed by atoms with E-state index in [1.165, 1.54) is 30.6 Å². The molecule has 21 heavy (non-hydrogen) atoms. The fourth-order valence-corrected chi connectivity index (χ4v) is 2.70. The predicted octanol–water partition coefficient (Wildman–Crippen LogP) is 2.97. The summed E-state index contributed by atoms with van der Waals surface area (Å²) in [6.45, 7) is 0. The Bertz CT molecular complexity index is 657. The highest BCUT2D eigenvalue weighted by molar-refractivity contribution is 7.10. The van der Waals surface area contributed by atoms with Crippen LogP contribution in [-0.2, 0) is 4.79 Å². The maximum Gasteiger partial charge on any atom is 0.331 e. The van der Waals surface area contributed by atoms with E-state index in [2.05, 4.69) is 5.32 Å². The number of carboxylic acid groups (broad SMARTS) is 1. The Hall–Kier alpha value is -2.05. The fourth-order valence-electron chi connectivity index (χ4n) is 1.77. The standard InChI is InChI=1S/C14H12ClNO4S/c1-20-10-7-8(15)4-5-9(10)13(17)16-12(14(18)19)11-3-2-6-21-11/h2-7,12H,1H3,(H,16,17)(H,18,19). The van der Waals surface area contributed by atoms with Gasteiger partial charge in [0, 0.05) is 9.90 Å². The molecule has 0 bridgehead atoms. The first-order valence-corrected chi connectivity index (χ1v) is 7.19. The van der Waals surface area contributed by atoms with Gasteiger partial charge in [0.15, 0.2) is 6.04 Å². The van der Waals surface area contributed by atoms with Gasteiger partial charge in [0.05, 0.1) is 12.7 Å². The van der Waals surface area contributed by atoms with E-state index in [0.29, 0.717) is 9.90 Å². The quantitative estimate of drug-likeness (QED) is 0.886. The number of carboxylic acids is 1. The van der Waals surface area contributed by atoms with Gasteiger partial charge in [-0.05, 0) is 29.6 Å². The second kappa shape index (κ2) is 6.60. The van der Waals surface area contributed by atoms with E-state index in [1.807, 2.05) is 0 Å². The molecule has 5 nitrogen and oxygen atoms in total. The number of benzene rings is 1. The summed E-state index contributed by atoms with van der Waals surface area (Å²) in [5.74, 6) is -1.38. The SMILES string of the molecule is COc1cc(Cl)ccc1C(=O)NC(C(=O)O)c1cccs1. The van der Waals surface area contributed by atoms with Crippen LogP contribution in [0.3, 0.4) is 0 Å². The van der Waals surface area contributed by atoms with Crippen molar-refractivity contribution < 1.29 is 19.4 Å². The van der Waals surface area contributed by atoms with E-state index in [4.69, 9.17) is 16.3 Å². The molecule has 1 unspecified atom stereocenters. The Kier molecular flexibility index (Phi) is 4.82. The van der Waals surface area contributed by atoms with E-state index >= 15 is 0 Å². The van der Waals surface area contributed by atoms with Crippen molar-refractivity contribution in [3.05, 3.63) is 51.2 Å². The third-order valence-electron chi connectivity index (χ3n) is 2.76. The first-order chi connectivity index (χ1) is 10.0. The first-order valence-electron chi connectivity index (χ1n) is 5.93. The highest BCUT2D eigenvalue weighted by Gasteiger charge is 2.24. The summed E-state index contributed by atoms with van der Waals surface area (Å²) >= 11 is 7.09. The summed E-state index contributed by atoms with van der Waals surface area (Å²) < 4.78 is 5.09. The molecule has 0 spiro atoms. The second-order valence-corrected chi connectivity index (χ2v) is 5.52. The van der Waals surface area contributed by atoms with Gasteiger partial charge in [0.1, 0.15) is 5.75 Å². The lowest BCUT2D eigenvalue weighted by molar-refractivity contribution is -0.139. The summed E-state index contributed by atoms with van der Waals surface area (Å²) in [6.07, 6.45) is 0. The molecular weight excluding hydrogens is 314 g/mol. The van der Waals surface area contributed by atoms with Crippen molar-refractivity contribution in [2.45, 2.75) is 6.04 Å². The number of hydrogen-bond donors (Lipinski definition) is 2. The zero-order valence-electron chi connectivity index (χ0n) is 11.0. The second-order valence-electron chi connectivity index (χ2n) is 4.10. The molecule has 0 saturated carbocycles. The van der Waals surface area contributed by atoms with Crippen molar-refractivity contribution in [3.8, 4) is 5.75 Å². The third kappa shape index (κ3) is 3.53. The van der Waals surface area contributed by atoms with Gasteiger partial charge < -0.3 is 15.2 Å². The Balaban J connectivity index is 2.26. The van der Waals surface area contributed by atoms with Crippen molar-refractivity contribution in [2.24, 2.45) is 0 Å². The molecule has 2 aromatic rings. The molecule has 1 heterocycles. The van der Waals surface area contributed by atoms with E-state index < -0.39 is 17.9 Å². The lowest BCUT2D eigenvalue weighted by Crippen LogP contribution is -2.33. The molecule has 1 aromatic carbocycles. The Morgan fingerprint density at radius 3 is 2.71 bits per heavy atom. The maximum atomic E-state index is 12.3. The number of aliphatic carboxylic acids is 1. The van der Waals surface area contributed by atoms with Gasteiger partial charge in [-0.25, -0.2) is 4.79 Å². The first kappa shape index (κ1) is 15.3. The number of carbonyl (C=O) groups excluding carboxylic acids is 1. The molecule has 1 amide bonds. The highest BCUT2D eigenvalue weighted by Crippen LogP contribution is 2.25. The van der Waals surface area contributed by atoms with Gasteiger partial charge in [-0.3, -0.25) is 4.79 Å². The van der Waals surface area contributed by atoms with Crippen LogP contribution in [0.4, 0.5) is 0 Å². The van der Waals surface area contributed by atoms with Gasteiger partial charge >= 0.3 is 5.97 Å². The number of halogens is 1. The number of amides is 1. The van der Waals surface area contributed by atoms with Crippen LogP contribution in [0.5, 0.6) is 5.75 Å². The molecule has 0 aliphatic rings. The smallest absolute Gasteiger partial charge is 0.331 e. The Morgan fingerprint density at radius 1 is 1.38 bits per heavy atom. The molecule has 2 N–H and O–H groups in total. The third-order valence-corrected chi connectivity index (χ3v) is 3.93. The van der Waals surface area contributed by atoms with Crippen molar-refractivity contribution in [1.29, 1.82) is 0 Å². The molecule has 1 atom stereocenters. The van der Waals surface area contributed by atoms with Gasteiger partial charge in [0.25, 0.3) is 5.91 Å². The zero-order valence-corrected chi connectivity index (χ0v) is 12.6.